The SMILES string of the molecule is CC(=O)O[C@@]12CO[C@@H]1C[C@H](OS(=O)(=O)c1ccc(C)cc1)[C@@]1(C)C(=O)[C@H](OC(=O)N(C)C)C3=C(C)[C@@H](O)C[C@@](O)([C@@H](OC(=O)c4ccccc4)[C@H]21)C3(C)C.CO[C@H]1C[C@H]2OC[C@@]2(OC(C)=O)[C@H]2[C@H](OC(=O)c3ccccc3)[C@]3(O)C[C@H](O)C(C)=C([C@@H](OC(=O)N(C)C)C(=O)[C@]12C)C3(C)C. The first kappa shape index (κ1) is 74.2. The molecule has 2 saturated heterocycles. The number of aliphatic hydroxyl groups is 4. The van der Waals surface area contributed by atoms with E-state index in [1.165, 1.54) is 78.3 Å². The molecule has 26 nitrogen and oxygen atoms in total. The Kier molecular flexibility index (Phi) is 19.6. The van der Waals surface area contributed by atoms with Crippen molar-refractivity contribution >= 4 is 57.7 Å². The zero-order valence-corrected chi connectivity index (χ0v) is 59.3. The standard InChI is InChI=1S/C39H47NO13S.C33H43NO11/c1-21-14-16-25(17-15-21)54(47,48)53-27-18-28-38(20-49-28,52-23(3)41)31-33(51-34(44)24-12-10-9-11-13-24)39(46)19-26(42)22(2)29(36(39,4)5)30(32(43)37(27,31)6)50-35(45)40(7)8;1-17-20(36)15-33(40)27(44-28(38)19-12-10-9-11-13-19)25-31(5,21(41-8)14-22-32(25,16-42-22)45-18(2)35)26(37)24(23(17)30(33,3)4)43-29(39)34(6)7/h9-17,26-28,30-31,33,42,46H,18-20H2,1-8H3;9-13,20-22,24-25,27,36,40H,14-16H2,1-8H3/t26-,27-,28+,30+,31-,33-,37+,38-,39+;20-,21-,22+,24+,25-,27-,31+,32-,33+/m00/s1. The number of hydrogen-bond acceptors (Lipinski definition) is 24. The monoisotopic (exact) mass is 1400 g/mol. The van der Waals surface area contributed by atoms with Crippen molar-refractivity contribution in [3.63, 3.8) is 0 Å². The number of esters is 4. The molecule has 8 aliphatic rings. The second kappa shape index (κ2) is 26.2. The largest absolute Gasteiger partial charge is 0.455 e. The Bertz CT molecular complexity index is 3910. The minimum atomic E-state index is -4.64. The molecule has 2 aliphatic heterocycles. The lowest BCUT2D eigenvalue weighted by Gasteiger charge is -2.67. The van der Waals surface area contributed by atoms with Crippen LogP contribution >= 0.6 is 0 Å². The van der Waals surface area contributed by atoms with Gasteiger partial charge in [0.2, 0.25) is 0 Å². The van der Waals surface area contributed by atoms with Crippen molar-refractivity contribution in [1.29, 1.82) is 0 Å². The van der Waals surface area contributed by atoms with E-state index in [9.17, 15) is 57.6 Å². The molecule has 6 fully saturated rings. The Morgan fingerprint density at radius 1 is 0.545 bits per heavy atom. The predicted molar refractivity (Wildman–Crippen MR) is 348 cm³/mol. The molecular weight excluding hydrogens is 1310 g/mol. The second-order valence-electron chi connectivity index (χ2n) is 29.4. The van der Waals surface area contributed by atoms with E-state index in [1.807, 2.05) is 0 Å². The molecule has 4 saturated carbocycles. The molecule has 0 spiro atoms. The van der Waals surface area contributed by atoms with E-state index >= 15 is 9.59 Å². The molecule has 27 heteroatoms. The number of ketones is 2. The minimum Gasteiger partial charge on any atom is -0.455 e. The van der Waals surface area contributed by atoms with Gasteiger partial charge in [-0.25, -0.2) is 19.2 Å². The van der Waals surface area contributed by atoms with Crippen LogP contribution < -0.4 is 0 Å². The predicted octanol–water partition coefficient (Wildman–Crippen LogP) is 5.95. The van der Waals surface area contributed by atoms with E-state index < -0.39 is 181 Å². The van der Waals surface area contributed by atoms with E-state index in [0.717, 1.165) is 17.4 Å². The lowest BCUT2D eigenvalue weighted by molar-refractivity contribution is -0.347. The highest BCUT2D eigenvalue weighted by Crippen LogP contribution is 2.67. The van der Waals surface area contributed by atoms with Gasteiger partial charge in [0.15, 0.2) is 35.0 Å². The maximum atomic E-state index is 15.8. The lowest BCUT2D eigenvalue weighted by Crippen LogP contribution is -2.82. The Hall–Kier alpha value is -7.47. The van der Waals surface area contributed by atoms with Gasteiger partial charge in [0.05, 0.1) is 76.3 Å². The zero-order chi connectivity index (χ0) is 73.0. The van der Waals surface area contributed by atoms with Gasteiger partial charge < -0.3 is 72.9 Å². The number of fused-ring (bicyclic) bond motifs is 10. The molecule has 0 unspecified atom stereocenters. The van der Waals surface area contributed by atoms with Crippen LogP contribution in [0, 0.1) is 40.4 Å². The van der Waals surface area contributed by atoms with Crippen molar-refractivity contribution in [3.05, 3.63) is 124 Å². The number of methoxy groups -OCH3 is 1. The van der Waals surface area contributed by atoms with Gasteiger partial charge in [-0.2, -0.15) is 8.42 Å². The van der Waals surface area contributed by atoms with Crippen LogP contribution in [-0.4, -0.2) is 218 Å². The summed E-state index contributed by atoms with van der Waals surface area (Å²) >= 11 is 0. The smallest absolute Gasteiger partial charge is 0.410 e. The van der Waals surface area contributed by atoms with Crippen molar-refractivity contribution in [3.8, 4) is 0 Å². The molecule has 2 heterocycles. The highest BCUT2D eigenvalue weighted by atomic mass is 32.2. The van der Waals surface area contributed by atoms with E-state index in [-0.39, 0.29) is 65.2 Å². The topological polar surface area (TPSA) is 350 Å². The van der Waals surface area contributed by atoms with Gasteiger partial charge in [0, 0.05) is 85.7 Å². The third kappa shape index (κ3) is 11.8. The number of amides is 2. The summed E-state index contributed by atoms with van der Waals surface area (Å²) in [6.07, 6.45) is -16.5. The van der Waals surface area contributed by atoms with Gasteiger partial charge in [-0.3, -0.25) is 23.4 Å². The van der Waals surface area contributed by atoms with E-state index in [2.05, 4.69) is 0 Å². The van der Waals surface area contributed by atoms with Crippen molar-refractivity contribution in [2.45, 2.75) is 190 Å². The fourth-order valence-corrected chi connectivity index (χ4v) is 18.4. The maximum Gasteiger partial charge on any atom is 0.410 e. The van der Waals surface area contributed by atoms with Crippen LogP contribution in [0.1, 0.15) is 121 Å². The number of aliphatic hydroxyl groups excluding tert-OH is 2. The first-order chi connectivity index (χ1) is 46.1. The van der Waals surface area contributed by atoms with Gasteiger partial charge in [-0.05, 0) is 93.3 Å². The molecule has 0 aromatic heterocycles. The highest BCUT2D eigenvalue weighted by Gasteiger charge is 2.81. The van der Waals surface area contributed by atoms with Crippen LogP contribution in [-0.2, 0) is 76.1 Å². The Morgan fingerprint density at radius 2 is 0.909 bits per heavy atom. The number of hydrogen-bond donors (Lipinski definition) is 4. The summed E-state index contributed by atoms with van der Waals surface area (Å²) in [5.41, 5.74) is -12.7. The molecule has 3 aromatic rings. The summed E-state index contributed by atoms with van der Waals surface area (Å²) in [4.78, 5) is 113. The summed E-state index contributed by atoms with van der Waals surface area (Å²) in [7, 11) is 2.55. The fourth-order valence-electron chi connectivity index (χ4n) is 17.2. The van der Waals surface area contributed by atoms with Crippen LogP contribution in [0.25, 0.3) is 0 Å². The van der Waals surface area contributed by atoms with Crippen LogP contribution in [0.3, 0.4) is 0 Å². The quantitative estimate of drug-likeness (QED) is 0.0704. The van der Waals surface area contributed by atoms with Gasteiger partial charge >= 0.3 is 36.1 Å². The Balaban J connectivity index is 0.000000218. The number of nitrogens with zero attached hydrogens (tertiary/aromatic N) is 2. The molecule has 99 heavy (non-hydrogen) atoms. The molecule has 0 radical (unpaired) electrons. The Labute approximate surface area is 575 Å². The third-order valence-electron chi connectivity index (χ3n) is 22.8. The molecule has 4 N–H and O–H groups in total. The summed E-state index contributed by atoms with van der Waals surface area (Å²) in [5.74, 6) is -7.50. The summed E-state index contributed by atoms with van der Waals surface area (Å²) < 4.78 is 88.7. The van der Waals surface area contributed by atoms with Crippen LogP contribution in [0.4, 0.5) is 9.59 Å². The van der Waals surface area contributed by atoms with Crippen LogP contribution in [0.2, 0.25) is 0 Å². The van der Waals surface area contributed by atoms with Gasteiger partial charge in [-0.1, -0.05) is 81.8 Å². The zero-order valence-electron chi connectivity index (χ0n) is 58.5. The van der Waals surface area contributed by atoms with Gasteiger partial charge in [0.1, 0.15) is 35.6 Å². The molecule has 18 atom stereocenters. The normalized spacial score (nSPS) is 36.1. The van der Waals surface area contributed by atoms with Crippen molar-refractivity contribution in [2.75, 3.05) is 48.5 Å². The number of benzene rings is 3. The molecule has 538 valence electrons. The summed E-state index contributed by atoms with van der Waals surface area (Å²) in [6, 6.07) is 21.9. The van der Waals surface area contributed by atoms with Crippen LogP contribution in [0.5, 0.6) is 0 Å². The van der Waals surface area contributed by atoms with E-state index in [1.54, 1.807) is 116 Å². The molecule has 3 aromatic carbocycles. The Morgan fingerprint density at radius 3 is 1.24 bits per heavy atom. The minimum absolute atomic E-state index is 0.0399. The number of aryl methyl sites for hydroxylation is 1. The third-order valence-corrected chi connectivity index (χ3v) is 24.1. The number of carbonyl (C=O) groups excluding carboxylic acids is 8. The van der Waals surface area contributed by atoms with E-state index in [0.29, 0.717) is 5.57 Å². The molecule has 11 rings (SSSR count). The van der Waals surface area contributed by atoms with Crippen LogP contribution in [0.15, 0.2) is 112 Å². The first-order valence-electron chi connectivity index (χ1n) is 32.8. The second-order valence-corrected chi connectivity index (χ2v) is 31.0. The molecule has 2 amide bonds. The lowest BCUT2D eigenvalue weighted by atomic mass is 9.44. The first-order valence-corrected chi connectivity index (χ1v) is 34.2. The summed E-state index contributed by atoms with van der Waals surface area (Å²) in [6.45, 7) is 16.3. The number of Topliss-reactive ketones (excluding diaryl/α,β-unsaturated/α-hetero) is 2. The summed E-state index contributed by atoms with van der Waals surface area (Å²) in [5, 5.41) is 49.5. The molecule has 4 bridgehead atoms. The van der Waals surface area contributed by atoms with Gasteiger partial charge in [-0.15, -0.1) is 0 Å². The number of carbonyl (C=O) groups is 8. The van der Waals surface area contributed by atoms with Crippen molar-refractivity contribution in [1.82, 2.24) is 9.80 Å². The number of rotatable bonds is 12. The van der Waals surface area contributed by atoms with E-state index in [4.69, 9.17) is 46.8 Å². The number of ether oxygens (including phenoxy) is 9. The highest BCUT2D eigenvalue weighted by molar-refractivity contribution is 7.86. The average Bonchev–Trinajstić information content (AvgIpc) is 0.674. The van der Waals surface area contributed by atoms with Crippen molar-refractivity contribution < 1.29 is 114 Å². The van der Waals surface area contributed by atoms with Gasteiger partial charge in [0.25, 0.3) is 10.1 Å². The fraction of sp³-hybridized carbons (Fsp3) is 0.583. The maximum absolute atomic E-state index is 15.8. The molecular formula is C72H90N2O24S. The average molecular weight is 1400 g/mol. The molecule has 6 aliphatic carbocycles. The van der Waals surface area contributed by atoms with Crippen molar-refractivity contribution in [2.24, 2.45) is 33.5 Å².